The van der Waals surface area contributed by atoms with Gasteiger partial charge in [-0.05, 0) is 4.33 Å². The molecule has 0 radical (unpaired) electrons. The molecule has 0 bridgehead atoms. The summed E-state index contributed by atoms with van der Waals surface area (Å²) < 4.78 is 28.3. The number of carbonyl (C=O) groups is 1. The molecule has 0 aromatic rings. The first-order valence-electron chi connectivity index (χ1n) is 2.30. The van der Waals surface area contributed by atoms with Gasteiger partial charge in [-0.25, -0.2) is 0 Å². The first-order valence-corrected chi connectivity index (χ1v) is 3.64. The normalized spacial score (nSPS) is 20.9. The zero-order chi connectivity index (χ0) is 8.48. The molecule has 11 heavy (non-hydrogen) atoms. The minimum atomic E-state index is -4.27. The first-order chi connectivity index (χ1) is 5.01. The summed E-state index contributed by atoms with van der Waals surface area (Å²) in [6.45, 7) is 0. The van der Waals surface area contributed by atoms with Gasteiger partial charge in [-0.15, -0.1) is 0 Å². The Hall–Kier alpha value is -1.28. The summed E-state index contributed by atoms with van der Waals surface area (Å²) in [7, 11) is -4.27. The predicted molar refractivity (Wildman–Crippen MR) is 29.5 cm³/mol. The Labute approximate surface area is 61.6 Å². The Bertz CT molecular complexity index is 302. The van der Waals surface area contributed by atoms with Crippen LogP contribution in [0.15, 0.2) is 12.0 Å². The molecule has 62 valence electrons. The minimum Gasteiger partial charge on any atom is -0.363 e. The molecule has 0 unspecified atom stereocenters. The average molecular weight is 181 g/mol. The van der Waals surface area contributed by atoms with E-state index in [2.05, 4.69) is 19.1 Å². The molecule has 1 aliphatic heterocycles. The van der Waals surface area contributed by atoms with Crippen molar-refractivity contribution in [3.8, 4) is 0 Å². The van der Waals surface area contributed by atoms with E-state index in [0.717, 1.165) is 0 Å². The molecule has 7 nitrogen and oxygen atoms in total. The Morgan fingerprint density at radius 2 is 2.18 bits per heavy atom. The Balaban J connectivity index is 2.88. The van der Waals surface area contributed by atoms with Crippen molar-refractivity contribution < 1.29 is 26.6 Å². The van der Waals surface area contributed by atoms with Crippen LogP contribution in [0.1, 0.15) is 0 Å². The third kappa shape index (κ3) is 1.82. The minimum absolute atomic E-state index is 0.628. The number of hydrogen-bond donors (Lipinski definition) is 1. The van der Waals surface area contributed by atoms with Crippen molar-refractivity contribution in [1.82, 2.24) is 0 Å². The van der Waals surface area contributed by atoms with Crippen molar-refractivity contribution in [3.63, 3.8) is 0 Å². The lowest BCUT2D eigenvalue weighted by Gasteiger charge is -2.09. The van der Waals surface area contributed by atoms with Gasteiger partial charge in [0, 0.05) is 0 Å². The number of amides is 1. The van der Waals surface area contributed by atoms with E-state index in [4.69, 9.17) is 0 Å². The van der Waals surface area contributed by atoms with E-state index in [-0.39, 0.29) is 0 Å². The quantitative estimate of drug-likeness (QED) is 0.495. The highest BCUT2D eigenvalue weighted by Crippen LogP contribution is 2.11. The summed E-state index contributed by atoms with van der Waals surface area (Å²) in [6.07, 6.45) is 0.642. The van der Waals surface area contributed by atoms with Crippen LogP contribution in [-0.2, 0) is 28.6 Å². The fourth-order valence-corrected chi connectivity index (χ4v) is 0.859. The summed E-state index contributed by atoms with van der Waals surface area (Å²) >= 11 is 0. The van der Waals surface area contributed by atoms with Gasteiger partial charge in [0.05, 0.1) is 0 Å². The predicted octanol–water partition coefficient (Wildman–Crippen LogP) is -1.46. The summed E-state index contributed by atoms with van der Waals surface area (Å²) in [5.74, 6) is -1.69. The zero-order valence-corrected chi connectivity index (χ0v) is 5.83. The molecule has 1 heterocycles. The molecule has 0 aromatic heterocycles. The Morgan fingerprint density at radius 1 is 1.55 bits per heavy atom. The largest absolute Gasteiger partial charge is 0.485 e. The maximum Gasteiger partial charge on any atom is 0.485 e. The fourth-order valence-electron chi connectivity index (χ4n) is 0.354. The van der Waals surface area contributed by atoms with Crippen molar-refractivity contribution in [2.45, 2.75) is 0 Å². The molecule has 0 atom stereocenters. The van der Waals surface area contributed by atoms with Crippen molar-refractivity contribution in [1.29, 1.82) is 0 Å². The summed E-state index contributed by atoms with van der Waals surface area (Å²) in [5.41, 5.74) is 4.66. The highest BCUT2D eigenvalue weighted by molar-refractivity contribution is 7.81. The van der Waals surface area contributed by atoms with Gasteiger partial charge in [-0.1, -0.05) is 0 Å². The maximum absolute atomic E-state index is 10.3. The van der Waals surface area contributed by atoms with Crippen molar-refractivity contribution in [3.05, 3.63) is 12.0 Å². The van der Waals surface area contributed by atoms with E-state index < -0.39 is 22.1 Å². The SMILES string of the molecule is NC(=O)C1=COOS(=O)(=O)O1. The van der Waals surface area contributed by atoms with E-state index >= 15 is 0 Å². The van der Waals surface area contributed by atoms with E-state index in [1.165, 1.54) is 0 Å². The average Bonchev–Trinajstić information content (AvgIpc) is 1.85. The summed E-state index contributed by atoms with van der Waals surface area (Å²) in [6, 6.07) is 0. The van der Waals surface area contributed by atoms with Crippen molar-refractivity contribution in [2.24, 2.45) is 5.73 Å². The van der Waals surface area contributed by atoms with E-state index in [1.54, 1.807) is 0 Å². The number of nitrogens with two attached hydrogens (primary N) is 1. The van der Waals surface area contributed by atoms with Crippen LogP contribution in [0.2, 0.25) is 0 Å². The zero-order valence-electron chi connectivity index (χ0n) is 5.01. The van der Waals surface area contributed by atoms with Crippen LogP contribution in [0.4, 0.5) is 0 Å². The molecule has 1 rings (SSSR count). The van der Waals surface area contributed by atoms with Gasteiger partial charge in [-0.2, -0.15) is 8.42 Å². The second kappa shape index (κ2) is 2.40. The highest BCUT2D eigenvalue weighted by atomic mass is 32.3. The standard InChI is InChI=1S/C3H3NO6S/c4-3(5)2-1-8-10-11(6,7)9-2/h1H,(H2,4,5). The van der Waals surface area contributed by atoms with Crippen LogP contribution in [0.3, 0.4) is 0 Å². The molecular weight excluding hydrogens is 178 g/mol. The van der Waals surface area contributed by atoms with Crippen LogP contribution in [-0.4, -0.2) is 14.3 Å². The van der Waals surface area contributed by atoms with Gasteiger partial charge in [0.25, 0.3) is 5.91 Å². The van der Waals surface area contributed by atoms with Gasteiger partial charge in [0.2, 0.25) is 5.76 Å². The van der Waals surface area contributed by atoms with Crippen LogP contribution < -0.4 is 5.73 Å². The third-order valence-corrected chi connectivity index (χ3v) is 1.34. The molecule has 0 aromatic carbocycles. The lowest BCUT2D eigenvalue weighted by atomic mass is 10.5. The molecule has 0 aliphatic carbocycles. The number of rotatable bonds is 1. The second-order valence-corrected chi connectivity index (χ2v) is 2.62. The molecule has 1 amide bonds. The topological polar surface area (TPSA) is 105 Å². The third-order valence-electron chi connectivity index (χ3n) is 0.712. The van der Waals surface area contributed by atoms with Gasteiger partial charge < -0.3 is 14.8 Å². The van der Waals surface area contributed by atoms with E-state index in [9.17, 15) is 13.2 Å². The number of carbonyl (C=O) groups excluding carboxylic acids is 1. The Kier molecular flexibility index (Phi) is 1.71. The van der Waals surface area contributed by atoms with Crippen molar-refractivity contribution >= 4 is 16.3 Å². The Morgan fingerprint density at radius 3 is 2.55 bits per heavy atom. The lowest BCUT2D eigenvalue weighted by Crippen LogP contribution is -2.23. The molecule has 0 saturated carbocycles. The smallest absolute Gasteiger partial charge is 0.363 e. The van der Waals surface area contributed by atoms with Crippen LogP contribution in [0.5, 0.6) is 0 Å². The van der Waals surface area contributed by atoms with E-state index in [1.807, 2.05) is 0 Å². The molecule has 0 spiro atoms. The molecule has 2 N–H and O–H groups in total. The lowest BCUT2D eigenvalue weighted by molar-refractivity contribution is -0.167. The molecule has 1 aliphatic rings. The monoisotopic (exact) mass is 181 g/mol. The maximum atomic E-state index is 10.3. The second-order valence-electron chi connectivity index (χ2n) is 1.50. The van der Waals surface area contributed by atoms with Gasteiger partial charge in [-0.3, -0.25) is 4.79 Å². The van der Waals surface area contributed by atoms with Crippen LogP contribution in [0, 0.1) is 0 Å². The van der Waals surface area contributed by atoms with Crippen molar-refractivity contribution in [2.75, 3.05) is 0 Å². The van der Waals surface area contributed by atoms with Gasteiger partial charge in [0.1, 0.15) is 0 Å². The number of primary amides is 1. The van der Waals surface area contributed by atoms with Crippen LogP contribution in [0.25, 0.3) is 0 Å². The van der Waals surface area contributed by atoms with E-state index in [0.29, 0.717) is 6.26 Å². The van der Waals surface area contributed by atoms with Gasteiger partial charge >= 0.3 is 10.4 Å². The highest BCUT2D eigenvalue weighted by Gasteiger charge is 2.25. The van der Waals surface area contributed by atoms with Crippen LogP contribution >= 0.6 is 0 Å². The van der Waals surface area contributed by atoms with Gasteiger partial charge in [0.15, 0.2) is 6.26 Å². The summed E-state index contributed by atoms with van der Waals surface area (Å²) in [5, 5.41) is 0. The molecule has 8 heteroatoms. The summed E-state index contributed by atoms with van der Waals surface area (Å²) in [4.78, 5) is 14.2. The first kappa shape index (κ1) is 7.82. The number of hydrogen-bond acceptors (Lipinski definition) is 6. The molecule has 0 fully saturated rings. The molecule has 0 saturated heterocycles. The fraction of sp³-hybridized carbons (Fsp3) is 0. The molecular formula is C3H3NO6S.